The summed E-state index contributed by atoms with van der Waals surface area (Å²) in [5.74, 6) is 0. The smallest absolute Gasteiger partial charge is 0.146 e. The van der Waals surface area contributed by atoms with E-state index in [1.54, 1.807) is 0 Å². The Morgan fingerprint density at radius 1 is 0.629 bits per heavy atom. The van der Waals surface area contributed by atoms with E-state index in [9.17, 15) is 0 Å². The molecule has 4 heterocycles. The van der Waals surface area contributed by atoms with Crippen LogP contribution < -0.4 is 0 Å². The Kier molecular flexibility index (Phi) is 3.11. The van der Waals surface area contributed by atoms with Crippen molar-refractivity contribution in [2.45, 2.75) is 12.8 Å². The van der Waals surface area contributed by atoms with Gasteiger partial charge < -0.3 is 0 Å². The molecular weight excluding hydrogens is 428 g/mol. The van der Waals surface area contributed by atoms with E-state index in [2.05, 4.69) is 75.0 Å². The van der Waals surface area contributed by atoms with E-state index < -0.39 is 0 Å². The fourth-order valence-corrected chi connectivity index (χ4v) is 6.59. The molecule has 0 saturated carbocycles. The van der Waals surface area contributed by atoms with Gasteiger partial charge in [0.15, 0.2) is 0 Å². The van der Waals surface area contributed by atoms with Gasteiger partial charge in [-0.25, -0.2) is 4.98 Å². The average molecular weight is 447 g/mol. The van der Waals surface area contributed by atoms with Gasteiger partial charge in [-0.05, 0) is 69.1 Å². The average Bonchev–Trinajstić information content (AvgIpc) is 3.59. The molecule has 4 heteroatoms. The molecule has 0 amide bonds. The predicted molar refractivity (Wildman–Crippen MR) is 140 cm³/mol. The van der Waals surface area contributed by atoms with Crippen molar-refractivity contribution < 1.29 is 0 Å². The van der Waals surface area contributed by atoms with Crippen molar-refractivity contribution in [2.24, 2.45) is 0 Å². The summed E-state index contributed by atoms with van der Waals surface area (Å²) < 4.78 is 2.36. The lowest BCUT2D eigenvalue weighted by Crippen LogP contribution is -1.94. The maximum Gasteiger partial charge on any atom is 0.146 e. The number of hydrogen-bond donors (Lipinski definition) is 0. The zero-order valence-corrected chi connectivity index (χ0v) is 18.8. The molecule has 0 atom stereocenters. The SMILES string of the molecule is c1ccc2c(c1)Cc1c-2ccc2c1-c1ccc3nc4c5ccncc5c5cnccc5n4c3c1C2. The standard InChI is InChI=1S/C31H18N4/c1-2-4-19-17(3-1)13-23-20(19)6-5-18-14-24-21(29(18)23)7-8-27-30(24)35-28-10-12-33-16-26(28)25-15-32-11-9-22(25)31(35)34-27/h1-12,15-16H,13-14H2. The van der Waals surface area contributed by atoms with Crippen molar-refractivity contribution in [3.05, 3.63) is 108 Å². The van der Waals surface area contributed by atoms with Crippen molar-refractivity contribution >= 4 is 38.4 Å². The molecule has 0 saturated heterocycles. The van der Waals surface area contributed by atoms with E-state index >= 15 is 0 Å². The first-order valence-corrected chi connectivity index (χ1v) is 12.0. The molecule has 162 valence electrons. The Morgan fingerprint density at radius 2 is 1.46 bits per heavy atom. The summed E-state index contributed by atoms with van der Waals surface area (Å²) in [6.07, 6.45) is 9.54. The lowest BCUT2D eigenvalue weighted by Gasteiger charge is -2.10. The summed E-state index contributed by atoms with van der Waals surface area (Å²) in [7, 11) is 0. The van der Waals surface area contributed by atoms with Crippen LogP contribution in [-0.4, -0.2) is 19.4 Å². The first-order chi connectivity index (χ1) is 17.4. The zero-order valence-electron chi connectivity index (χ0n) is 18.8. The van der Waals surface area contributed by atoms with Crippen LogP contribution in [0.5, 0.6) is 0 Å². The molecule has 3 aromatic carbocycles. The Bertz CT molecular complexity index is 2070. The second kappa shape index (κ2) is 6.10. The zero-order chi connectivity index (χ0) is 22.7. The molecule has 2 aliphatic rings. The molecule has 0 radical (unpaired) electrons. The van der Waals surface area contributed by atoms with Gasteiger partial charge in [-0.3, -0.25) is 14.4 Å². The largest absolute Gasteiger partial charge is 0.291 e. The first kappa shape index (κ1) is 17.8. The van der Waals surface area contributed by atoms with E-state index in [4.69, 9.17) is 4.98 Å². The second-order valence-corrected chi connectivity index (χ2v) is 9.68. The van der Waals surface area contributed by atoms with E-state index in [0.717, 1.165) is 45.7 Å². The van der Waals surface area contributed by atoms with Gasteiger partial charge in [-0.1, -0.05) is 42.5 Å². The third-order valence-electron chi connectivity index (χ3n) is 8.02. The minimum atomic E-state index is 0.931. The fourth-order valence-electron chi connectivity index (χ4n) is 6.59. The molecule has 7 aromatic rings. The van der Waals surface area contributed by atoms with Crippen LogP contribution in [0.1, 0.15) is 22.3 Å². The maximum absolute atomic E-state index is 5.15. The number of pyridine rings is 3. The van der Waals surface area contributed by atoms with Crippen LogP contribution in [0.25, 0.3) is 60.6 Å². The quantitative estimate of drug-likeness (QED) is 0.243. The Morgan fingerprint density at radius 3 is 2.43 bits per heavy atom. The van der Waals surface area contributed by atoms with Crippen molar-refractivity contribution in [1.82, 2.24) is 19.4 Å². The molecule has 0 fully saturated rings. The van der Waals surface area contributed by atoms with Crippen LogP contribution in [0.3, 0.4) is 0 Å². The van der Waals surface area contributed by atoms with Crippen molar-refractivity contribution in [1.29, 1.82) is 0 Å². The van der Waals surface area contributed by atoms with E-state index in [1.165, 1.54) is 50.0 Å². The van der Waals surface area contributed by atoms with Gasteiger partial charge in [0.2, 0.25) is 0 Å². The summed E-state index contributed by atoms with van der Waals surface area (Å²) in [6.45, 7) is 0. The molecule has 2 aliphatic carbocycles. The Balaban J connectivity index is 1.42. The van der Waals surface area contributed by atoms with Gasteiger partial charge in [-0.2, -0.15) is 0 Å². The summed E-state index contributed by atoms with van der Waals surface area (Å²) in [5, 5.41) is 3.30. The molecule has 9 rings (SSSR count). The highest BCUT2D eigenvalue weighted by atomic mass is 15.0. The molecule has 0 unspecified atom stereocenters. The van der Waals surface area contributed by atoms with Crippen LogP contribution in [0, 0.1) is 0 Å². The van der Waals surface area contributed by atoms with Crippen molar-refractivity contribution in [3.63, 3.8) is 0 Å². The summed E-state index contributed by atoms with van der Waals surface area (Å²) in [4.78, 5) is 14.0. The highest BCUT2D eigenvalue weighted by Crippen LogP contribution is 2.49. The van der Waals surface area contributed by atoms with Gasteiger partial charge >= 0.3 is 0 Å². The Hall–Kier alpha value is -4.57. The molecule has 0 bridgehead atoms. The minimum Gasteiger partial charge on any atom is -0.291 e. The number of imidazole rings is 1. The maximum atomic E-state index is 5.15. The number of aromatic nitrogens is 4. The molecular formula is C31H18N4. The normalized spacial score (nSPS) is 13.5. The van der Waals surface area contributed by atoms with Crippen LogP contribution in [0.4, 0.5) is 0 Å². The van der Waals surface area contributed by atoms with E-state index in [0.29, 0.717) is 0 Å². The van der Waals surface area contributed by atoms with Gasteiger partial charge in [0.05, 0.1) is 16.6 Å². The highest BCUT2D eigenvalue weighted by Gasteiger charge is 2.30. The van der Waals surface area contributed by atoms with E-state index in [1.807, 2.05) is 24.8 Å². The first-order valence-electron chi connectivity index (χ1n) is 12.0. The molecule has 0 aliphatic heterocycles. The third-order valence-corrected chi connectivity index (χ3v) is 8.02. The lowest BCUT2D eigenvalue weighted by atomic mass is 9.95. The highest BCUT2D eigenvalue weighted by molar-refractivity contribution is 6.14. The van der Waals surface area contributed by atoms with Gasteiger partial charge in [0.1, 0.15) is 5.65 Å². The molecule has 4 aromatic heterocycles. The molecule has 0 N–H and O–H groups in total. The second-order valence-electron chi connectivity index (χ2n) is 9.68. The number of hydrogen-bond acceptors (Lipinski definition) is 3. The van der Waals surface area contributed by atoms with Crippen LogP contribution in [0.15, 0.2) is 85.5 Å². The number of benzene rings is 3. The molecule has 35 heavy (non-hydrogen) atoms. The van der Waals surface area contributed by atoms with Gasteiger partial charge in [0.25, 0.3) is 0 Å². The predicted octanol–water partition coefficient (Wildman–Crippen LogP) is 6.73. The van der Waals surface area contributed by atoms with Gasteiger partial charge in [0, 0.05) is 47.4 Å². The van der Waals surface area contributed by atoms with Crippen molar-refractivity contribution in [3.8, 4) is 22.3 Å². The number of nitrogens with zero attached hydrogens (tertiary/aromatic N) is 4. The third kappa shape index (κ3) is 2.11. The monoisotopic (exact) mass is 446 g/mol. The minimum absolute atomic E-state index is 0.931. The summed E-state index contributed by atoms with van der Waals surface area (Å²) >= 11 is 0. The van der Waals surface area contributed by atoms with Crippen molar-refractivity contribution in [2.75, 3.05) is 0 Å². The molecule has 0 spiro atoms. The topological polar surface area (TPSA) is 43.1 Å². The summed E-state index contributed by atoms with van der Waals surface area (Å²) in [5.41, 5.74) is 15.6. The summed E-state index contributed by atoms with van der Waals surface area (Å²) in [6, 6.07) is 22.2. The van der Waals surface area contributed by atoms with E-state index in [-0.39, 0.29) is 0 Å². The lowest BCUT2D eigenvalue weighted by molar-refractivity contribution is 1.22. The van der Waals surface area contributed by atoms with Crippen LogP contribution >= 0.6 is 0 Å². The fraction of sp³-hybridized carbons (Fsp3) is 0.0645. The Labute approximate surface area is 200 Å². The number of fused-ring (bicyclic) bond motifs is 16. The van der Waals surface area contributed by atoms with Gasteiger partial charge in [-0.15, -0.1) is 0 Å². The molecule has 4 nitrogen and oxygen atoms in total. The number of rotatable bonds is 0. The van der Waals surface area contributed by atoms with Crippen LogP contribution in [-0.2, 0) is 12.8 Å². The van der Waals surface area contributed by atoms with Crippen LogP contribution in [0.2, 0.25) is 0 Å².